The Morgan fingerprint density at radius 2 is 1.83 bits per heavy atom. The number of piperidine rings is 1. The van der Waals surface area contributed by atoms with E-state index in [9.17, 15) is 0 Å². The number of hydrogen-bond acceptors (Lipinski definition) is 3. The van der Waals surface area contributed by atoms with E-state index in [-0.39, 0.29) is 12.4 Å². The van der Waals surface area contributed by atoms with Gasteiger partial charge in [-0.2, -0.15) is 0 Å². The summed E-state index contributed by atoms with van der Waals surface area (Å²) in [4.78, 5) is 5.25. The molecule has 2 heterocycles. The van der Waals surface area contributed by atoms with E-state index in [1.807, 2.05) is 0 Å². The highest BCUT2D eigenvalue weighted by atomic mass is 35.5. The summed E-state index contributed by atoms with van der Waals surface area (Å²) >= 11 is 0. The van der Waals surface area contributed by atoms with Gasteiger partial charge >= 0.3 is 0 Å². The molecule has 0 radical (unpaired) electrons. The minimum atomic E-state index is 0. The molecule has 0 amide bonds. The molecule has 2 aliphatic heterocycles. The highest BCUT2D eigenvalue weighted by Gasteiger charge is 2.28. The Bertz CT molecular complexity index is 229. The van der Waals surface area contributed by atoms with Crippen LogP contribution in [0.4, 0.5) is 0 Å². The summed E-state index contributed by atoms with van der Waals surface area (Å²) in [6.07, 6.45) is 2.75. The topological polar surface area (TPSA) is 18.5 Å². The maximum atomic E-state index is 3.46. The van der Waals surface area contributed by atoms with Gasteiger partial charge in [-0.1, -0.05) is 13.8 Å². The molecule has 3 nitrogen and oxygen atoms in total. The van der Waals surface area contributed by atoms with E-state index < -0.39 is 0 Å². The molecule has 1 N–H and O–H groups in total. The van der Waals surface area contributed by atoms with E-state index in [1.165, 1.54) is 52.1 Å². The maximum Gasteiger partial charge on any atom is 0.0243 e. The Kier molecular flexibility index (Phi) is 6.93. The highest BCUT2D eigenvalue weighted by molar-refractivity contribution is 5.85. The zero-order valence-electron chi connectivity index (χ0n) is 12.2. The van der Waals surface area contributed by atoms with Crippen molar-refractivity contribution in [3.8, 4) is 0 Å². The summed E-state index contributed by atoms with van der Waals surface area (Å²) < 4.78 is 0. The molecule has 0 saturated carbocycles. The van der Waals surface area contributed by atoms with Crippen molar-refractivity contribution in [1.29, 1.82) is 0 Å². The Labute approximate surface area is 119 Å². The number of rotatable bonds is 3. The van der Waals surface area contributed by atoms with Crippen LogP contribution in [0.25, 0.3) is 0 Å². The van der Waals surface area contributed by atoms with Gasteiger partial charge in [-0.05, 0) is 44.8 Å². The van der Waals surface area contributed by atoms with Gasteiger partial charge in [-0.3, -0.25) is 0 Å². The molecule has 4 heteroatoms. The molecular weight excluding hydrogens is 246 g/mol. The molecule has 2 rings (SSSR count). The van der Waals surface area contributed by atoms with Gasteiger partial charge < -0.3 is 15.1 Å². The molecular formula is C14H30ClN3. The second kappa shape index (κ2) is 7.68. The zero-order chi connectivity index (χ0) is 12.3. The van der Waals surface area contributed by atoms with Crippen LogP contribution in [0.15, 0.2) is 0 Å². The van der Waals surface area contributed by atoms with Gasteiger partial charge in [0.1, 0.15) is 0 Å². The predicted molar refractivity (Wildman–Crippen MR) is 80.5 cm³/mol. The molecule has 2 fully saturated rings. The van der Waals surface area contributed by atoms with Crippen LogP contribution in [0.3, 0.4) is 0 Å². The van der Waals surface area contributed by atoms with Gasteiger partial charge in [0.05, 0.1) is 0 Å². The number of hydrogen-bond donors (Lipinski definition) is 1. The van der Waals surface area contributed by atoms with E-state index in [0.29, 0.717) is 0 Å². The van der Waals surface area contributed by atoms with Crippen molar-refractivity contribution in [3.05, 3.63) is 0 Å². The van der Waals surface area contributed by atoms with E-state index >= 15 is 0 Å². The van der Waals surface area contributed by atoms with Crippen molar-refractivity contribution >= 4 is 12.4 Å². The molecule has 2 saturated heterocycles. The van der Waals surface area contributed by atoms with Crippen molar-refractivity contribution < 1.29 is 0 Å². The third-order valence-electron chi connectivity index (χ3n) is 4.53. The molecule has 0 aromatic heterocycles. The molecule has 18 heavy (non-hydrogen) atoms. The first-order valence-electron chi connectivity index (χ1n) is 7.30. The van der Waals surface area contributed by atoms with Crippen LogP contribution >= 0.6 is 12.4 Å². The summed E-state index contributed by atoms with van der Waals surface area (Å²) in [7, 11) is 2.28. The van der Waals surface area contributed by atoms with E-state index in [0.717, 1.165) is 17.9 Å². The minimum absolute atomic E-state index is 0. The Hall–Kier alpha value is 0.170. The lowest BCUT2D eigenvalue weighted by molar-refractivity contribution is 0.0571. The lowest BCUT2D eigenvalue weighted by atomic mass is 9.95. The predicted octanol–water partition coefficient (Wildman–Crippen LogP) is 1.68. The van der Waals surface area contributed by atoms with Gasteiger partial charge in [-0.25, -0.2) is 0 Å². The minimum Gasteiger partial charge on any atom is -0.317 e. The van der Waals surface area contributed by atoms with Gasteiger partial charge in [0, 0.05) is 32.2 Å². The summed E-state index contributed by atoms with van der Waals surface area (Å²) in [5.74, 6) is 1.71. The third-order valence-corrected chi connectivity index (χ3v) is 4.53. The zero-order valence-corrected chi connectivity index (χ0v) is 13.0. The number of piperazine rings is 1. The summed E-state index contributed by atoms with van der Waals surface area (Å²) in [6, 6.07) is 0.755. The lowest BCUT2D eigenvalue weighted by Gasteiger charge is -2.43. The number of nitrogens with zero attached hydrogens (tertiary/aromatic N) is 2. The second-order valence-electron chi connectivity index (χ2n) is 6.24. The fourth-order valence-corrected chi connectivity index (χ4v) is 3.28. The SMILES string of the molecule is CC(C)C1CN(CC2CCNCC2)CCN1C.Cl. The van der Waals surface area contributed by atoms with Crippen molar-refractivity contribution in [2.45, 2.75) is 32.7 Å². The highest BCUT2D eigenvalue weighted by Crippen LogP contribution is 2.19. The fourth-order valence-electron chi connectivity index (χ4n) is 3.28. The lowest BCUT2D eigenvalue weighted by Crippen LogP contribution is -2.54. The van der Waals surface area contributed by atoms with Crippen LogP contribution in [0.2, 0.25) is 0 Å². The molecule has 108 valence electrons. The van der Waals surface area contributed by atoms with Crippen LogP contribution in [0.5, 0.6) is 0 Å². The van der Waals surface area contributed by atoms with Crippen LogP contribution in [0.1, 0.15) is 26.7 Å². The van der Waals surface area contributed by atoms with Gasteiger partial charge in [0.15, 0.2) is 0 Å². The first-order valence-corrected chi connectivity index (χ1v) is 7.30. The van der Waals surface area contributed by atoms with Crippen molar-refractivity contribution in [3.63, 3.8) is 0 Å². The first-order chi connectivity index (χ1) is 8.16. The van der Waals surface area contributed by atoms with Crippen LogP contribution in [-0.4, -0.2) is 62.2 Å². The van der Waals surface area contributed by atoms with Gasteiger partial charge in [0.2, 0.25) is 0 Å². The van der Waals surface area contributed by atoms with Crippen LogP contribution < -0.4 is 5.32 Å². The average Bonchev–Trinajstić information content (AvgIpc) is 2.32. The third kappa shape index (κ3) is 4.37. The van der Waals surface area contributed by atoms with Crippen LogP contribution in [-0.2, 0) is 0 Å². The number of halogens is 1. The fraction of sp³-hybridized carbons (Fsp3) is 1.00. The molecule has 0 aromatic carbocycles. The molecule has 0 aromatic rings. The molecule has 2 aliphatic rings. The average molecular weight is 276 g/mol. The van der Waals surface area contributed by atoms with Crippen molar-refractivity contribution in [1.82, 2.24) is 15.1 Å². The normalized spacial score (nSPS) is 28.3. The quantitative estimate of drug-likeness (QED) is 0.846. The molecule has 1 unspecified atom stereocenters. The maximum absolute atomic E-state index is 3.46. The summed E-state index contributed by atoms with van der Waals surface area (Å²) in [5.41, 5.74) is 0. The summed E-state index contributed by atoms with van der Waals surface area (Å²) in [5, 5.41) is 3.46. The second-order valence-corrected chi connectivity index (χ2v) is 6.24. The Morgan fingerprint density at radius 1 is 1.17 bits per heavy atom. The standard InChI is InChI=1S/C14H29N3.ClH/c1-12(2)14-11-17(9-8-16(14)3)10-13-4-6-15-7-5-13;/h12-15H,4-11H2,1-3H3;1H. The van der Waals surface area contributed by atoms with Crippen LogP contribution in [0, 0.1) is 11.8 Å². The van der Waals surface area contributed by atoms with E-state index in [2.05, 4.69) is 36.0 Å². The molecule has 0 bridgehead atoms. The van der Waals surface area contributed by atoms with Gasteiger partial charge in [-0.15, -0.1) is 12.4 Å². The number of nitrogens with one attached hydrogen (secondary N) is 1. The Balaban J connectivity index is 0.00000162. The van der Waals surface area contributed by atoms with Gasteiger partial charge in [0.25, 0.3) is 0 Å². The molecule has 1 atom stereocenters. The largest absolute Gasteiger partial charge is 0.317 e. The molecule has 0 aliphatic carbocycles. The summed E-state index contributed by atoms with van der Waals surface area (Å²) in [6.45, 7) is 12.3. The van der Waals surface area contributed by atoms with Crippen molar-refractivity contribution in [2.75, 3.05) is 46.3 Å². The van der Waals surface area contributed by atoms with Crippen molar-refractivity contribution in [2.24, 2.45) is 11.8 Å². The molecule has 0 spiro atoms. The van der Waals surface area contributed by atoms with E-state index in [4.69, 9.17) is 0 Å². The number of likely N-dealkylation sites (N-methyl/N-ethyl adjacent to an activating group) is 1. The Morgan fingerprint density at radius 3 is 2.44 bits per heavy atom. The first kappa shape index (κ1) is 16.2. The smallest absolute Gasteiger partial charge is 0.0243 e. The monoisotopic (exact) mass is 275 g/mol. The van der Waals surface area contributed by atoms with E-state index in [1.54, 1.807) is 0 Å².